The zero-order valence-electron chi connectivity index (χ0n) is 2.41. The second-order valence-electron chi connectivity index (χ2n) is 0.289. The van der Waals surface area contributed by atoms with Crippen molar-refractivity contribution in [3.05, 3.63) is 0 Å². The van der Waals surface area contributed by atoms with Crippen molar-refractivity contribution < 1.29 is 16.8 Å². The number of terminal acetylenes is 1. The Kier molecular flexibility index (Phi) is 25.8. The van der Waals surface area contributed by atoms with Crippen LogP contribution in [0, 0.1) is 12.3 Å². The Morgan fingerprint density at radius 2 is 1.75 bits per heavy atom. The van der Waals surface area contributed by atoms with Gasteiger partial charge in [-0.15, -0.1) is 12.3 Å². The summed E-state index contributed by atoms with van der Waals surface area (Å²) in [6, 6.07) is 0. The quantitative estimate of drug-likeness (QED) is 0.391. The molecular formula is C3H4Co. The third kappa shape index (κ3) is 532. The SMILES string of the molecule is C#CC.[Co]. The average molecular weight is 99.0 g/mol. The minimum Gasteiger partial charge on any atom is -0.120 e. The molecule has 0 aliphatic rings. The Hall–Kier alpha value is 0.0665. The van der Waals surface area contributed by atoms with Crippen molar-refractivity contribution in [1.29, 1.82) is 0 Å². The molecule has 0 fully saturated rings. The minimum absolute atomic E-state index is 0. The van der Waals surface area contributed by atoms with Crippen molar-refractivity contribution in [2.24, 2.45) is 0 Å². The molecule has 0 saturated carbocycles. The molecule has 0 bridgehead atoms. The molecule has 0 saturated heterocycles. The van der Waals surface area contributed by atoms with Gasteiger partial charge in [0, 0.05) is 16.8 Å². The van der Waals surface area contributed by atoms with Gasteiger partial charge < -0.3 is 0 Å². The first-order chi connectivity index (χ1) is 1.41. The maximum absolute atomic E-state index is 4.60. The number of rotatable bonds is 0. The fourth-order valence-electron chi connectivity index (χ4n) is 0. The molecule has 0 N–H and O–H groups in total. The molecule has 0 nitrogen and oxygen atoms in total. The van der Waals surface area contributed by atoms with Crippen LogP contribution in [0.1, 0.15) is 6.92 Å². The third-order valence-electron chi connectivity index (χ3n) is 0. The molecule has 0 aliphatic heterocycles. The summed E-state index contributed by atoms with van der Waals surface area (Å²) in [6.07, 6.45) is 4.60. The van der Waals surface area contributed by atoms with Gasteiger partial charge in [-0.25, -0.2) is 0 Å². The topological polar surface area (TPSA) is 0 Å². The fraction of sp³-hybridized carbons (Fsp3) is 0.333. The second-order valence-corrected chi connectivity index (χ2v) is 0.289. The van der Waals surface area contributed by atoms with Gasteiger partial charge >= 0.3 is 0 Å². The zero-order chi connectivity index (χ0) is 2.71. The first-order valence-corrected chi connectivity index (χ1v) is 0.789. The Labute approximate surface area is 36.8 Å². The van der Waals surface area contributed by atoms with Crippen LogP contribution >= 0.6 is 0 Å². The van der Waals surface area contributed by atoms with E-state index in [4.69, 9.17) is 0 Å². The third-order valence-corrected chi connectivity index (χ3v) is 0. The summed E-state index contributed by atoms with van der Waals surface area (Å²) in [5.41, 5.74) is 0. The summed E-state index contributed by atoms with van der Waals surface area (Å²) < 4.78 is 0. The predicted octanol–water partition coefficient (Wildman–Crippen LogP) is 0.637. The summed E-state index contributed by atoms with van der Waals surface area (Å²) in [5, 5.41) is 0. The second kappa shape index (κ2) is 11.5. The van der Waals surface area contributed by atoms with Crippen molar-refractivity contribution in [2.45, 2.75) is 6.92 Å². The Balaban J connectivity index is 0. The van der Waals surface area contributed by atoms with E-state index < -0.39 is 0 Å². The molecule has 25 valence electrons. The van der Waals surface area contributed by atoms with E-state index in [9.17, 15) is 0 Å². The monoisotopic (exact) mass is 99.0 g/mol. The summed E-state index contributed by atoms with van der Waals surface area (Å²) >= 11 is 0. The van der Waals surface area contributed by atoms with Gasteiger partial charge in [0.2, 0.25) is 0 Å². The van der Waals surface area contributed by atoms with Gasteiger partial charge in [-0.2, -0.15) is 0 Å². The van der Waals surface area contributed by atoms with E-state index in [0.29, 0.717) is 0 Å². The molecule has 0 unspecified atom stereocenters. The van der Waals surface area contributed by atoms with E-state index in [1.165, 1.54) is 0 Å². The molecule has 0 aromatic carbocycles. The van der Waals surface area contributed by atoms with Crippen LogP contribution in [-0.2, 0) is 16.8 Å². The van der Waals surface area contributed by atoms with Gasteiger partial charge in [-0.05, 0) is 6.92 Å². The van der Waals surface area contributed by atoms with E-state index in [2.05, 4.69) is 12.3 Å². The maximum atomic E-state index is 4.60. The van der Waals surface area contributed by atoms with E-state index in [1.54, 1.807) is 6.92 Å². The van der Waals surface area contributed by atoms with Gasteiger partial charge in [0.05, 0.1) is 0 Å². The molecule has 1 heteroatoms. The van der Waals surface area contributed by atoms with Crippen LogP contribution in [0.15, 0.2) is 0 Å². The molecule has 4 heavy (non-hydrogen) atoms. The first-order valence-electron chi connectivity index (χ1n) is 0.789. The van der Waals surface area contributed by atoms with Gasteiger partial charge in [0.1, 0.15) is 0 Å². The van der Waals surface area contributed by atoms with Crippen molar-refractivity contribution in [2.75, 3.05) is 0 Å². The molecule has 1 radical (unpaired) electrons. The molecule has 0 amide bonds. The van der Waals surface area contributed by atoms with E-state index >= 15 is 0 Å². The normalized spacial score (nSPS) is 2.00. The predicted molar refractivity (Wildman–Crippen MR) is 14.5 cm³/mol. The van der Waals surface area contributed by atoms with Crippen LogP contribution < -0.4 is 0 Å². The molecule has 0 aromatic rings. The Bertz CT molecular complexity index is 24.8. The molecule has 0 rings (SSSR count). The Morgan fingerprint density at radius 3 is 1.75 bits per heavy atom. The summed E-state index contributed by atoms with van der Waals surface area (Å²) in [5.74, 6) is 2.25. The maximum Gasteiger partial charge on any atom is 0 e. The van der Waals surface area contributed by atoms with Crippen molar-refractivity contribution in [3.8, 4) is 12.3 Å². The molecule has 0 spiro atoms. The fourth-order valence-corrected chi connectivity index (χ4v) is 0. The van der Waals surface area contributed by atoms with Crippen LogP contribution in [0.3, 0.4) is 0 Å². The van der Waals surface area contributed by atoms with E-state index in [-0.39, 0.29) is 16.8 Å². The summed E-state index contributed by atoms with van der Waals surface area (Å²) in [4.78, 5) is 0. The average Bonchev–Trinajstić information content (AvgIpc) is 0.918. The van der Waals surface area contributed by atoms with Crippen LogP contribution in [0.2, 0.25) is 0 Å². The van der Waals surface area contributed by atoms with Crippen LogP contribution in [-0.4, -0.2) is 0 Å². The standard InChI is InChI=1S/C3H4.Co/c1-3-2;/h1H,2H3;. The number of hydrogen-bond acceptors (Lipinski definition) is 0. The molecular weight excluding hydrogens is 95.0 g/mol. The van der Waals surface area contributed by atoms with Gasteiger partial charge in [-0.3, -0.25) is 0 Å². The summed E-state index contributed by atoms with van der Waals surface area (Å²) in [6.45, 7) is 1.65. The molecule has 0 aromatic heterocycles. The van der Waals surface area contributed by atoms with Crippen molar-refractivity contribution >= 4 is 0 Å². The van der Waals surface area contributed by atoms with Crippen LogP contribution in [0.25, 0.3) is 0 Å². The van der Waals surface area contributed by atoms with E-state index in [0.717, 1.165) is 0 Å². The Morgan fingerprint density at radius 1 is 1.75 bits per heavy atom. The summed E-state index contributed by atoms with van der Waals surface area (Å²) in [7, 11) is 0. The van der Waals surface area contributed by atoms with Gasteiger partial charge in [-0.1, -0.05) is 0 Å². The molecule has 0 atom stereocenters. The van der Waals surface area contributed by atoms with Gasteiger partial charge in [0.15, 0.2) is 0 Å². The zero-order valence-corrected chi connectivity index (χ0v) is 3.45. The number of hydrogen-bond donors (Lipinski definition) is 0. The van der Waals surface area contributed by atoms with Crippen molar-refractivity contribution in [3.63, 3.8) is 0 Å². The largest absolute Gasteiger partial charge is 0.120 e. The van der Waals surface area contributed by atoms with Crippen LogP contribution in [0.4, 0.5) is 0 Å². The van der Waals surface area contributed by atoms with Gasteiger partial charge in [0.25, 0.3) is 0 Å². The van der Waals surface area contributed by atoms with Crippen LogP contribution in [0.5, 0.6) is 0 Å². The molecule has 0 heterocycles. The van der Waals surface area contributed by atoms with Crippen molar-refractivity contribution in [1.82, 2.24) is 0 Å². The molecule has 0 aliphatic carbocycles. The minimum atomic E-state index is 0. The smallest absolute Gasteiger partial charge is 0 e. The van der Waals surface area contributed by atoms with E-state index in [1.807, 2.05) is 0 Å². The first kappa shape index (κ1) is 8.95.